The Balaban J connectivity index is 1.14. The second-order valence-electron chi connectivity index (χ2n) is 12.3. The second-order valence-corrected chi connectivity index (χ2v) is 12.3. The molecule has 0 saturated heterocycles. The highest BCUT2D eigenvalue weighted by atomic mass is 15.0. The first-order valence-electron chi connectivity index (χ1n) is 16.3. The number of fused-ring (bicyclic) bond motifs is 6. The normalized spacial score (nSPS) is 11.1. The van der Waals surface area contributed by atoms with Gasteiger partial charge in [0.05, 0.1) is 62.7 Å². The Labute approximate surface area is 287 Å². The van der Waals surface area contributed by atoms with Gasteiger partial charge in [-0.1, -0.05) is 78.9 Å². The van der Waals surface area contributed by atoms with Gasteiger partial charge in [-0.2, -0.15) is 15.8 Å². The molecular formula is C45H25N5. The summed E-state index contributed by atoms with van der Waals surface area (Å²) in [6.07, 6.45) is 0. The van der Waals surface area contributed by atoms with Crippen molar-refractivity contribution in [2.24, 2.45) is 0 Å². The Kier molecular flexibility index (Phi) is 6.56. The van der Waals surface area contributed by atoms with Gasteiger partial charge in [-0.15, -0.1) is 0 Å². The van der Waals surface area contributed by atoms with Crippen LogP contribution in [0.1, 0.15) is 16.7 Å². The van der Waals surface area contributed by atoms with E-state index in [9.17, 15) is 15.8 Å². The van der Waals surface area contributed by atoms with Gasteiger partial charge in [0.1, 0.15) is 0 Å². The SMILES string of the molecule is N#Cc1ccc(-n2c3ccc(C#N)cc3c3c(C#N)cccc32)c(-c2ccc(-c3ccc(-n4c5ccccc5c5ccccc54)cc3)cc2)c1. The van der Waals surface area contributed by atoms with Gasteiger partial charge in [0.2, 0.25) is 0 Å². The van der Waals surface area contributed by atoms with E-state index in [4.69, 9.17) is 0 Å². The topological polar surface area (TPSA) is 81.2 Å². The highest BCUT2D eigenvalue weighted by Crippen LogP contribution is 2.39. The number of rotatable bonds is 4. The highest BCUT2D eigenvalue weighted by molar-refractivity contribution is 6.13. The molecular weight excluding hydrogens is 611 g/mol. The van der Waals surface area contributed by atoms with Crippen molar-refractivity contribution in [3.8, 4) is 51.8 Å². The van der Waals surface area contributed by atoms with Crippen molar-refractivity contribution in [3.05, 3.63) is 168 Å². The maximum Gasteiger partial charge on any atom is 0.0998 e. The Morgan fingerprint density at radius 2 is 0.960 bits per heavy atom. The molecule has 2 aromatic heterocycles. The van der Waals surface area contributed by atoms with E-state index in [1.54, 1.807) is 12.1 Å². The molecule has 0 unspecified atom stereocenters. The number of aromatic nitrogens is 2. The van der Waals surface area contributed by atoms with Crippen molar-refractivity contribution in [1.82, 2.24) is 9.13 Å². The van der Waals surface area contributed by atoms with Crippen molar-refractivity contribution in [3.63, 3.8) is 0 Å². The van der Waals surface area contributed by atoms with Crippen LogP contribution in [0.15, 0.2) is 152 Å². The first-order valence-corrected chi connectivity index (χ1v) is 16.3. The van der Waals surface area contributed by atoms with E-state index in [1.807, 2.05) is 42.5 Å². The van der Waals surface area contributed by atoms with E-state index in [-0.39, 0.29) is 0 Å². The molecule has 0 amide bonds. The lowest BCUT2D eigenvalue weighted by atomic mass is 9.97. The van der Waals surface area contributed by atoms with Crippen LogP contribution in [0.25, 0.3) is 77.2 Å². The van der Waals surface area contributed by atoms with Gasteiger partial charge in [-0.25, -0.2) is 0 Å². The molecule has 0 aliphatic carbocycles. The molecule has 0 spiro atoms. The Hall–Kier alpha value is -7.39. The van der Waals surface area contributed by atoms with Crippen LogP contribution in [0.3, 0.4) is 0 Å². The van der Waals surface area contributed by atoms with E-state index >= 15 is 0 Å². The fourth-order valence-corrected chi connectivity index (χ4v) is 7.37. The third-order valence-corrected chi connectivity index (χ3v) is 9.64. The van der Waals surface area contributed by atoms with Crippen LogP contribution >= 0.6 is 0 Å². The molecule has 0 aliphatic heterocycles. The van der Waals surface area contributed by atoms with Crippen LogP contribution in [0.4, 0.5) is 0 Å². The summed E-state index contributed by atoms with van der Waals surface area (Å²) in [7, 11) is 0. The minimum absolute atomic E-state index is 0.531. The summed E-state index contributed by atoms with van der Waals surface area (Å²) in [5.74, 6) is 0. The fourth-order valence-electron chi connectivity index (χ4n) is 7.37. The molecule has 0 N–H and O–H groups in total. The van der Waals surface area contributed by atoms with E-state index in [1.165, 1.54) is 21.8 Å². The van der Waals surface area contributed by atoms with Gasteiger partial charge in [-0.05, 0) is 89.5 Å². The standard InChI is InChI=1S/C45H25N5/c46-26-29-12-22-42(50-43-23-13-30(27-47)25-39(43)45-34(28-48)6-5-11-44(45)50)38(24-29)33-16-14-31(15-17-33)32-18-20-35(21-19-32)49-40-9-3-1-7-36(40)37-8-2-4-10-41(37)49/h1-25H. The van der Waals surface area contributed by atoms with Crippen LogP contribution < -0.4 is 0 Å². The Bertz CT molecular complexity index is 2890. The van der Waals surface area contributed by atoms with Crippen molar-refractivity contribution < 1.29 is 0 Å². The molecule has 0 fully saturated rings. The summed E-state index contributed by atoms with van der Waals surface area (Å²) in [4.78, 5) is 0. The van der Waals surface area contributed by atoms with E-state index < -0.39 is 0 Å². The highest BCUT2D eigenvalue weighted by Gasteiger charge is 2.19. The molecule has 0 aliphatic rings. The molecule has 9 rings (SSSR count). The number of hydrogen-bond donors (Lipinski definition) is 0. The summed E-state index contributed by atoms with van der Waals surface area (Å²) < 4.78 is 4.45. The smallest absolute Gasteiger partial charge is 0.0998 e. The van der Waals surface area contributed by atoms with Crippen molar-refractivity contribution in [2.45, 2.75) is 0 Å². The number of nitriles is 3. The van der Waals surface area contributed by atoms with Gasteiger partial charge in [0.15, 0.2) is 0 Å². The van der Waals surface area contributed by atoms with E-state index in [0.29, 0.717) is 16.7 Å². The lowest BCUT2D eigenvalue weighted by Crippen LogP contribution is -1.98. The summed E-state index contributed by atoms with van der Waals surface area (Å²) in [6.45, 7) is 0. The molecule has 230 valence electrons. The number of benzene rings is 7. The third-order valence-electron chi connectivity index (χ3n) is 9.64. The van der Waals surface area contributed by atoms with Crippen LogP contribution in [0, 0.1) is 34.0 Å². The summed E-state index contributed by atoms with van der Waals surface area (Å²) in [5, 5.41) is 33.7. The van der Waals surface area contributed by atoms with Gasteiger partial charge in [0, 0.05) is 32.8 Å². The van der Waals surface area contributed by atoms with Crippen molar-refractivity contribution >= 4 is 43.6 Å². The van der Waals surface area contributed by atoms with E-state index in [2.05, 4.69) is 124 Å². The molecule has 0 radical (unpaired) electrons. The summed E-state index contributed by atoms with van der Waals surface area (Å²) >= 11 is 0. The zero-order chi connectivity index (χ0) is 33.8. The van der Waals surface area contributed by atoms with E-state index in [0.717, 1.165) is 55.4 Å². The predicted molar refractivity (Wildman–Crippen MR) is 200 cm³/mol. The summed E-state index contributed by atoms with van der Waals surface area (Å²) in [6, 6.07) is 58.0. The minimum Gasteiger partial charge on any atom is -0.309 e. The maximum absolute atomic E-state index is 10.0. The molecule has 0 bridgehead atoms. The fraction of sp³-hybridized carbons (Fsp3) is 0. The zero-order valence-corrected chi connectivity index (χ0v) is 26.7. The second kappa shape index (κ2) is 11.4. The quantitative estimate of drug-likeness (QED) is 0.193. The molecule has 5 heteroatoms. The molecule has 7 aromatic carbocycles. The van der Waals surface area contributed by atoms with Gasteiger partial charge in [0.25, 0.3) is 0 Å². The molecule has 0 atom stereocenters. The minimum atomic E-state index is 0.531. The molecule has 9 aromatic rings. The Morgan fingerprint density at radius 1 is 0.400 bits per heavy atom. The number of para-hydroxylation sites is 2. The molecule has 50 heavy (non-hydrogen) atoms. The van der Waals surface area contributed by atoms with Crippen LogP contribution in [0.5, 0.6) is 0 Å². The monoisotopic (exact) mass is 635 g/mol. The lowest BCUT2D eigenvalue weighted by Gasteiger charge is -2.15. The average molecular weight is 636 g/mol. The first kappa shape index (κ1) is 28.8. The van der Waals surface area contributed by atoms with Crippen LogP contribution in [-0.4, -0.2) is 9.13 Å². The summed E-state index contributed by atoms with van der Waals surface area (Å²) in [5.41, 5.74) is 11.8. The molecule has 5 nitrogen and oxygen atoms in total. The first-order chi connectivity index (χ1) is 24.7. The lowest BCUT2D eigenvalue weighted by molar-refractivity contribution is 1.18. The van der Waals surface area contributed by atoms with Crippen molar-refractivity contribution in [2.75, 3.05) is 0 Å². The zero-order valence-electron chi connectivity index (χ0n) is 26.7. The van der Waals surface area contributed by atoms with Crippen LogP contribution in [0.2, 0.25) is 0 Å². The average Bonchev–Trinajstić information content (AvgIpc) is 3.70. The van der Waals surface area contributed by atoms with Crippen molar-refractivity contribution in [1.29, 1.82) is 15.8 Å². The largest absolute Gasteiger partial charge is 0.309 e. The van der Waals surface area contributed by atoms with Gasteiger partial charge >= 0.3 is 0 Å². The predicted octanol–water partition coefficient (Wildman–Crippen LogP) is 10.8. The number of hydrogen-bond acceptors (Lipinski definition) is 3. The van der Waals surface area contributed by atoms with Gasteiger partial charge < -0.3 is 9.13 Å². The third kappa shape index (κ3) is 4.38. The Morgan fingerprint density at radius 3 is 1.62 bits per heavy atom. The molecule has 2 heterocycles. The number of nitrogens with zero attached hydrogens (tertiary/aromatic N) is 5. The van der Waals surface area contributed by atoms with Crippen LogP contribution in [-0.2, 0) is 0 Å². The van der Waals surface area contributed by atoms with Gasteiger partial charge in [-0.3, -0.25) is 0 Å². The molecule has 0 saturated carbocycles. The maximum atomic E-state index is 10.0.